The average molecular weight is 428 g/mol. The number of amides is 1. The van der Waals surface area contributed by atoms with E-state index in [1.807, 2.05) is 43.3 Å². The second kappa shape index (κ2) is 8.52. The fourth-order valence-electron chi connectivity index (χ4n) is 4.03. The van der Waals surface area contributed by atoms with Gasteiger partial charge < -0.3 is 14.1 Å². The van der Waals surface area contributed by atoms with Crippen LogP contribution in [0.1, 0.15) is 35.9 Å². The van der Waals surface area contributed by atoms with Crippen molar-refractivity contribution < 1.29 is 22.4 Å². The van der Waals surface area contributed by atoms with Gasteiger partial charge in [0.2, 0.25) is 0 Å². The maximum atomic E-state index is 13.4. The molecule has 2 aromatic carbocycles. The van der Waals surface area contributed by atoms with E-state index in [0.29, 0.717) is 49.6 Å². The van der Waals surface area contributed by atoms with Crippen molar-refractivity contribution in [2.24, 2.45) is 0 Å². The van der Waals surface area contributed by atoms with E-state index in [4.69, 9.17) is 9.15 Å². The summed E-state index contributed by atoms with van der Waals surface area (Å²) in [6, 6.07) is 14.9. The molecule has 2 heterocycles. The van der Waals surface area contributed by atoms with Crippen molar-refractivity contribution in [2.45, 2.75) is 30.8 Å². The number of furan rings is 1. The Bertz CT molecular complexity index is 1130. The quantitative estimate of drug-likeness (QED) is 0.593. The lowest BCUT2D eigenvalue weighted by Gasteiger charge is -2.32. The van der Waals surface area contributed by atoms with Gasteiger partial charge in [0, 0.05) is 13.1 Å². The Hall–Kier alpha value is -2.80. The molecule has 1 fully saturated rings. The van der Waals surface area contributed by atoms with Gasteiger partial charge in [-0.3, -0.25) is 4.79 Å². The third-order valence-corrected chi connectivity index (χ3v) is 7.74. The number of hydrogen-bond donors (Lipinski definition) is 0. The number of piperidine rings is 1. The lowest BCUT2D eigenvalue weighted by Crippen LogP contribution is -2.43. The molecule has 7 heteroatoms. The summed E-state index contributed by atoms with van der Waals surface area (Å²) in [6.07, 6.45) is 2.32. The molecule has 0 bridgehead atoms. The summed E-state index contributed by atoms with van der Waals surface area (Å²) < 4.78 is 36.4. The van der Waals surface area contributed by atoms with Gasteiger partial charge in [-0.05, 0) is 48.7 Å². The lowest BCUT2D eigenvalue weighted by molar-refractivity contribution is 0.0723. The Kier molecular flexibility index (Phi) is 5.81. The molecule has 30 heavy (non-hydrogen) atoms. The molecule has 0 aliphatic carbocycles. The summed E-state index contributed by atoms with van der Waals surface area (Å²) in [4.78, 5) is 15.1. The SMILES string of the molecule is CCOc1ccc2ccccc2c1C(=O)N1CCC(S(=O)(=O)Cc2ccco2)CC1. The van der Waals surface area contributed by atoms with Gasteiger partial charge >= 0.3 is 0 Å². The maximum absolute atomic E-state index is 13.4. The summed E-state index contributed by atoms with van der Waals surface area (Å²) in [5.74, 6) is 0.799. The zero-order valence-corrected chi connectivity index (χ0v) is 17.7. The zero-order valence-electron chi connectivity index (χ0n) is 16.9. The van der Waals surface area contributed by atoms with Crippen molar-refractivity contribution in [1.29, 1.82) is 0 Å². The van der Waals surface area contributed by atoms with Crippen LogP contribution in [0, 0.1) is 0 Å². The largest absolute Gasteiger partial charge is 0.493 e. The zero-order chi connectivity index (χ0) is 21.1. The van der Waals surface area contributed by atoms with Gasteiger partial charge in [0.05, 0.1) is 23.7 Å². The number of hydrogen-bond acceptors (Lipinski definition) is 5. The number of carbonyl (C=O) groups excluding carboxylic acids is 1. The molecule has 4 rings (SSSR count). The summed E-state index contributed by atoms with van der Waals surface area (Å²) in [5, 5.41) is 1.35. The number of rotatable bonds is 6. The molecule has 1 aliphatic heterocycles. The minimum absolute atomic E-state index is 0.101. The average Bonchev–Trinajstić information content (AvgIpc) is 3.26. The van der Waals surface area contributed by atoms with Crippen molar-refractivity contribution in [2.75, 3.05) is 19.7 Å². The first-order chi connectivity index (χ1) is 14.5. The van der Waals surface area contributed by atoms with Crippen LogP contribution in [0.4, 0.5) is 0 Å². The normalized spacial score (nSPS) is 15.4. The summed E-state index contributed by atoms with van der Waals surface area (Å²) in [5.41, 5.74) is 0.548. The summed E-state index contributed by atoms with van der Waals surface area (Å²) >= 11 is 0. The van der Waals surface area contributed by atoms with Gasteiger partial charge in [0.15, 0.2) is 9.84 Å². The number of sulfone groups is 1. The minimum atomic E-state index is -3.33. The number of likely N-dealkylation sites (tertiary alicyclic amines) is 1. The summed E-state index contributed by atoms with van der Waals surface area (Å²) in [6.45, 7) is 3.15. The van der Waals surface area contributed by atoms with E-state index in [-0.39, 0.29) is 11.7 Å². The molecule has 1 saturated heterocycles. The first-order valence-corrected chi connectivity index (χ1v) is 11.9. The third-order valence-electron chi connectivity index (χ3n) is 5.57. The maximum Gasteiger partial charge on any atom is 0.258 e. The van der Waals surface area contributed by atoms with Crippen molar-refractivity contribution in [3.8, 4) is 5.75 Å². The molecule has 1 aliphatic rings. The Morgan fingerprint density at radius 1 is 1.10 bits per heavy atom. The highest BCUT2D eigenvalue weighted by Gasteiger charge is 2.33. The predicted octanol–water partition coefficient (Wildman–Crippen LogP) is 4.05. The van der Waals surface area contributed by atoms with Crippen LogP contribution >= 0.6 is 0 Å². The molecule has 1 amide bonds. The Morgan fingerprint density at radius 2 is 1.87 bits per heavy atom. The van der Waals surface area contributed by atoms with Crippen LogP contribution in [0.15, 0.2) is 59.2 Å². The first kappa shape index (κ1) is 20.5. The van der Waals surface area contributed by atoms with Crippen LogP contribution in [-0.4, -0.2) is 44.2 Å². The van der Waals surface area contributed by atoms with Gasteiger partial charge in [-0.1, -0.05) is 30.3 Å². The molecule has 3 aromatic rings. The van der Waals surface area contributed by atoms with E-state index in [1.54, 1.807) is 17.0 Å². The molecule has 0 N–H and O–H groups in total. The predicted molar refractivity (Wildman–Crippen MR) is 115 cm³/mol. The molecule has 0 atom stereocenters. The topological polar surface area (TPSA) is 76.8 Å². The molecule has 1 aromatic heterocycles. The first-order valence-electron chi connectivity index (χ1n) is 10.2. The number of ether oxygens (including phenoxy) is 1. The van der Waals surface area contributed by atoms with Gasteiger partial charge in [0.25, 0.3) is 5.91 Å². The highest BCUT2D eigenvalue weighted by atomic mass is 32.2. The summed E-state index contributed by atoms with van der Waals surface area (Å²) in [7, 11) is -3.33. The van der Waals surface area contributed by atoms with E-state index in [2.05, 4.69) is 0 Å². The molecule has 6 nitrogen and oxygen atoms in total. The van der Waals surface area contributed by atoms with Gasteiger partial charge in [-0.25, -0.2) is 8.42 Å². The van der Waals surface area contributed by atoms with Crippen molar-refractivity contribution >= 4 is 26.5 Å². The highest BCUT2D eigenvalue weighted by molar-refractivity contribution is 7.91. The third kappa shape index (κ3) is 4.07. The van der Waals surface area contributed by atoms with Gasteiger partial charge in [-0.15, -0.1) is 0 Å². The van der Waals surface area contributed by atoms with E-state index < -0.39 is 15.1 Å². The second-order valence-corrected chi connectivity index (χ2v) is 9.75. The van der Waals surface area contributed by atoms with Gasteiger partial charge in [0.1, 0.15) is 17.3 Å². The van der Waals surface area contributed by atoms with E-state index in [1.165, 1.54) is 6.26 Å². The Labute approximate surface area is 176 Å². The minimum Gasteiger partial charge on any atom is -0.493 e. The van der Waals surface area contributed by atoms with E-state index in [9.17, 15) is 13.2 Å². The van der Waals surface area contributed by atoms with E-state index in [0.717, 1.165) is 10.8 Å². The van der Waals surface area contributed by atoms with Crippen molar-refractivity contribution in [3.05, 3.63) is 66.1 Å². The molecule has 0 radical (unpaired) electrons. The fourth-order valence-corrected chi connectivity index (χ4v) is 5.76. The molecule has 0 saturated carbocycles. The monoisotopic (exact) mass is 427 g/mol. The smallest absolute Gasteiger partial charge is 0.258 e. The van der Waals surface area contributed by atoms with Crippen LogP contribution in [-0.2, 0) is 15.6 Å². The molecular formula is C23H25NO5S. The van der Waals surface area contributed by atoms with E-state index >= 15 is 0 Å². The van der Waals surface area contributed by atoms with Crippen LogP contribution in [0.2, 0.25) is 0 Å². The number of benzene rings is 2. The molecule has 158 valence electrons. The number of fused-ring (bicyclic) bond motifs is 1. The number of carbonyl (C=O) groups is 1. The standard InChI is InChI=1S/C23H25NO5S/c1-2-28-21-10-9-17-6-3-4-8-20(17)22(21)23(25)24-13-11-19(12-14-24)30(26,27)16-18-7-5-15-29-18/h3-10,15,19H,2,11-14,16H2,1H3. The lowest BCUT2D eigenvalue weighted by atomic mass is 10.0. The van der Waals surface area contributed by atoms with Gasteiger partial charge in [-0.2, -0.15) is 0 Å². The van der Waals surface area contributed by atoms with Crippen LogP contribution in [0.3, 0.4) is 0 Å². The Balaban J connectivity index is 1.53. The highest BCUT2D eigenvalue weighted by Crippen LogP contribution is 2.31. The van der Waals surface area contributed by atoms with Crippen molar-refractivity contribution in [3.63, 3.8) is 0 Å². The Morgan fingerprint density at radius 3 is 2.57 bits per heavy atom. The number of nitrogens with zero attached hydrogens (tertiary/aromatic N) is 1. The van der Waals surface area contributed by atoms with Crippen LogP contribution in [0.25, 0.3) is 10.8 Å². The fraction of sp³-hybridized carbons (Fsp3) is 0.348. The van der Waals surface area contributed by atoms with Crippen molar-refractivity contribution in [1.82, 2.24) is 4.90 Å². The molecular weight excluding hydrogens is 402 g/mol. The van der Waals surface area contributed by atoms with Crippen LogP contribution < -0.4 is 4.74 Å². The van der Waals surface area contributed by atoms with Crippen LogP contribution in [0.5, 0.6) is 5.75 Å². The molecule has 0 unspecified atom stereocenters. The molecule has 0 spiro atoms. The second-order valence-electron chi connectivity index (χ2n) is 7.47.